The first-order valence-corrected chi connectivity index (χ1v) is 16.3. The van der Waals surface area contributed by atoms with E-state index in [-0.39, 0.29) is 0 Å². The summed E-state index contributed by atoms with van der Waals surface area (Å²) in [6.07, 6.45) is 3.83. The van der Waals surface area contributed by atoms with Gasteiger partial charge in [-0.15, -0.1) is 0 Å². The quantitative estimate of drug-likeness (QED) is 0.180. The lowest BCUT2D eigenvalue weighted by atomic mass is 9.95. The Morgan fingerprint density at radius 2 is 1.19 bits per heavy atom. The second-order valence-electron chi connectivity index (χ2n) is 12.4. The van der Waals surface area contributed by atoms with E-state index < -0.39 is 0 Å². The van der Waals surface area contributed by atoms with E-state index in [4.69, 9.17) is 4.98 Å². The van der Waals surface area contributed by atoms with Gasteiger partial charge < -0.3 is 9.47 Å². The Morgan fingerprint density at radius 3 is 1.98 bits per heavy atom. The summed E-state index contributed by atoms with van der Waals surface area (Å²) in [6, 6.07) is 51.9. The predicted molar refractivity (Wildman–Crippen MR) is 201 cm³/mol. The number of hydrogen-bond acceptors (Lipinski definition) is 3. The summed E-state index contributed by atoms with van der Waals surface area (Å²) in [6.45, 7) is 4.46. The first-order valence-electron chi connectivity index (χ1n) is 16.3. The van der Waals surface area contributed by atoms with Gasteiger partial charge >= 0.3 is 0 Å². The molecule has 228 valence electrons. The SMILES string of the molecule is Cc1c(-c2cnc3c(ccc4cccnc43)c2)ccc(-n2c3ccccc3c3cc(N(c4ccccc4)c4ccccc4)ccc32)c1C. The summed E-state index contributed by atoms with van der Waals surface area (Å²) < 4.78 is 2.42. The number of hydrogen-bond donors (Lipinski definition) is 0. The predicted octanol–water partition coefficient (Wildman–Crippen LogP) is 11.6. The summed E-state index contributed by atoms with van der Waals surface area (Å²) in [4.78, 5) is 11.8. The summed E-state index contributed by atoms with van der Waals surface area (Å²) >= 11 is 0. The average molecular weight is 617 g/mol. The van der Waals surface area contributed by atoms with Crippen molar-refractivity contribution >= 4 is 60.7 Å². The van der Waals surface area contributed by atoms with Crippen molar-refractivity contribution in [1.29, 1.82) is 0 Å². The van der Waals surface area contributed by atoms with Crippen LogP contribution in [0.25, 0.3) is 60.4 Å². The first kappa shape index (κ1) is 28.0. The Balaban J connectivity index is 1.19. The van der Waals surface area contributed by atoms with Crippen molar-refractivity contribution < 1.29 is 0 Å². The van der Waals surface area contributed by atoms with E-state index >= 15 is 0 Å². The van der Waals surface area contributed by atoms with Crippen LogP contribution in [0.1, 0.15) is 11.1 Å². The van der Waals surface area contributed by atoms with Crippen molar-refractivity contribution in [1.82, 2.24) is 14.5 Å². The van der Waals surface area contributed by atoms with E-state index in [2.05, 4.69) is 168 Å². The summed E-state index contributed by atoms with van der Waals surface area (Å²) in [5.74, 6) is 0. The molecule has 48 heavy (non-hydrogen) atoms. The largest absolute Gasteiger partial charge is 0.310 e. The summed E-state index contributed by atoms with van der Waals surface area (Å²) in [5, 5.41) is 4.66. The molecule has 6 aromatic carbocycles. The van der Waals surface area contributed by atoms with E-state index in [1.54, 1.807) is 0 Å². The standard InChI is InChI=1S/C44H32N4/c1-29-30(2)40(24-22-37(29)33-26-32-20-19-31-12-11-25-45-43(31)44(32)46-28-33)48-41-18-10-9-17-38(41)39-27-36(21-23-42(39)48)47(34-13-5-3-6-14-34)35-15-7-4-8-16-35/h3-28H,1-2H3. The highest BCUT2D eigenvalue weighted by Gasteiger charge is 2.19. The highest BCUT2D eigenvalue weighted by atomic mass is 15.1. The van der Waals surface area contributed by atoms with Crippen LogP contribution in [0.3, 0.4) is 0 Å². The molecule has 0 aliphatic heterocycles. The van der Waals surface area contributed by atoms with Gasteiger partial charge in [0.15, 0.2) is 0 Å². The molecule has 0 bridgehead atoms. The number of rotatable bonds is 5. The van der Waals surface area contributed by atoms with Gasteiger partial charge in [-0.3, -0.25) is 9.97 Å². The van der Waals surface area contributed by atoms with Crippen molar-refractivity contribution in [3.05, 3.63) is 169 Å². The zero-order chi connectivity index (χ0) is 32.2. The molecule has 0 spiro atoms. The minimum absolute atomic E-state index is 0.936. The smallest absolute Gasteiger partial charge is 0.0964 e. The van der Waals surface area contributed by atoms with E-state index in [9.17, 15) is 0 Å². The topological polar surface area (TPSA) is 34.0 Å². The average Bonchev–Trinajstić information content (AvgIpc) is 3.47. The van der Waals surface area contributed by atoms with Gasteiger partial charge in [0.2, 0.25) is 0 Å². The molecule has 0 saturated carbocycles. The normalized spacial score (nSPS) is 11.5. The van der Waals surface area contributed by atoms with Crippen molar-refractivity contribution in [2.24, 2.45) is 0 Å². The number of benzene rings is 6. The molecule has 4 nitrogen and oxygen atoms in total. The molecule has 0 fully saturated rings. The fourth-order valence-electron chi connectivity index (χ4n) is 7.21. The third-order valence-electron chi connectivity index (χ3n) is 9.68. The molecule has 4 heteroatoms. The van der Waals surface area contributed by atoms with Gasteiger partial charge in [-0.25, -0.2) is 0 Å². The van der Waals surface area contributed by atoms with Gasteiger partial charge in [0.25, 0.3) is 0 Å². The highest BCUT2D eigenvalue weighted by Crippen LogP contribution is 2.41. The van der Waals surface area contributed by atoms with Gasteiger partial charge in [0.05, 0.1) is 22.1 Å². The van der Waals surface area contributed by atoms with Crippen LogP contribution in [0.5, 0.6) is 0 Å². The minimum atomic E-state index is 0.936. The Bertz CT molecular complexity index is 2600. The maximum Gasteiger partial charge on any atom is 0.0964 e. The number of anilines is 3. The van der Waals surface area contributed by atoms with Crippen molar-refractivity contribution in [2.45, 2.75) is 13.8 Å². The lowest BCUT2D eigenvalue weighted by Gasteiger charge is -2.25. The number of nitrogens with zero attached hydrogens (tertiary/aromatic N) is 4. The van der Waals surface area contributed by atoms with Crippen molar-refractivity contribution in [3.63, 3.8) is 0 Å². The van der Waals surface area contributed by atoms with Crippen LogP contribution >= 0.6 is 0 Å². The molecule has 3 heterocycles. The fourth-order valence-corrected chi connectivity index (χ4v) is 7.21. The lowest BCUT2D eigenvalue weighted by Crippen LogP contribution is -2.09. The molecule has 0 aliphatic rings. The van der Waals surface area contributed by atoms with E-state index in [0.29, 0.717) is 0 Å². The van der Waals surface area contributed by atoms with Crippen molar-refractivity contribution in [3.8, 4) is 16.8 Å². The molecule has 0 saturated heterocycles. The maximum atomic E-state index is 4.91. The van der Waals surface area contributed by atoms with Crippen LogP contribution < -0.4 is 4.90 Å². The molecule has 0 radical (unpaired) electrons. The summed E-state index contributed by atoms with van der Waals surface area (Å²) in [5.41, 5.74) is 13.6. The Morgan fingerprint density at radius 1 is 0.500 bits per heavy atom. The van der Waals surface area contributed by atoms with E-state index in [0.717, 1.165) is 44.4 Å². The molecule has 9 aromatic rings. The number of para-hydroxylation sites is 3. The van der Waals surface area contributed by atoms with Gasteiger partial charge in [-0.2, -0.15) is 0 Å². The zero-order valence-electron chi connectivity index (χ0n) is 26.8. The van der Waals surface area contributed by atoms with Crippen LogP contribution in [-0.2, 0) is 0 Å². The molecule has 3 aromatic heterocycles. The molecule has 0 N–H and O–H groups in total. The Kier molecular flexibility index (Phi) is 6.54. The molecular formula is C44H32N4. The van der Waals surface area contributed by atoms with Crippen LogP contribution in [0.2, 0.25) is 0 Å². The molecule has 0 unspecified atom stereocenters. The minimum Gasteiger partial charge on any atom is -0.310 e. The van der Waals surface area contributed by atoms with Crippen molar-refractivity contribution in [2.75, 3.05) is 4.90 Å². The molecule has 9 rings (SSSR count). The maximum absolute atomic E-state index is 4.91. The molecule has 0 amide bonds. The van der Waals surface area contributed by atoms with Crippen LogP contribution in [0.4, 0.5) is 17.1 Å². The second-order valence-corrected chi connectivity index (χ2v) is 12.4. The van der Waals surface area contributed by atoms with E-state index in [1.807, 2.05) is 18.5 Å². The Hall–Kier alpha value is -6.26. The lowest BCUT2D eigenvalue weighted by molar-refractivity contribution is 1.13. The fraction of sp³-hybridized carbons (Fsp3) is 0.0455. The molecule has 0 aliphatic carbocycles. The van der Waals surface area contributed by atoms with Crippen LogP contribution in [-0.4, -0.2) is 14.5 Å². The van der Waals surface area contributed by atoms with Gasteiger partial charge in [-0.1, -0.05) is 78.9 Å². The van der Waals surface area contributed by atoms with Gasteiger partial charge in [0, 0.05) is 62.3 Å². The van der Waals surface area contributed by atoms with Gasteiger partial charge in [0.1, 0.15) is 0 Å². The first-order chi connectivity index (χ1) is 23.7. The summed E-state index contributed by atoms with van der Waals surface area (Å²) in [7, 11) is 0. The van der Waals surface area contributed by atoms with Gasteiger partial charge in [-0.05, 0) is 97.3 Å². The third kappa shape index (κ3) is 4.45. The molecular weight excluding hydrogens is 585 g/mol. The highest BCUT2D eigenvalue weighted by molar-refractivity contribution is 6.11. The Labute approximate surface area is 279 Å². The number of pyridine rings is 2. The zero-order valence-corrected chi connectivity index (χ0v) is 26.8. The monoisotopic (exact) mass is 616 g/mol. The number of aromatic nitrogens is 3. The van der Waals surface area contributed by atoms with Crippen LogP contribution in [0.15, 0.2) is 158 Å². The number of fused-ring (bicyclic) bond motifs is 6. The van der Waals surface area contributed by atoms with E-state index in [1.165, 1.54) is 44.2 Å². The molecule has 0 atom stereocenters. The second kappa shape index (κ2) is 11.2. The third-order valence-corrected chi connectivity index (χ3v) is 9.68. The van der Waals surface area contributed by atoms with Crippen LogP contribution in [0, 0.1) is 13.8 Å².